The van der Waals surface area contributed by atoms with Crippen LogP contribution in [0.4, 0.5) is 0 Å². The molecule has 2 aromatic rings. The van der Waals surface area contributed by atoms with Gasteiger partial charge in [0.1, 0.15) is 24.7 Å². The second kappa shape index (κ2) is 29.6. The number of aryl methyl sites for hydroxylation is 2. The fraction of sp³-hybridized carbons (Fsp3) is 0.625. The summed E-state index contributed by atoms with van der Waals surface area (Å²) in [4.78, 5) is 0. The molecule has 0 amide bonds. The maximum absolute atomic E-state index is 8.52. The van der Waals surface area contributed by atoms with Crippen molar-refractivity contribution < 1.29 is 90.8 Å². The van der Waals surface area contributed by atoms with Gasteiger partial charge >= 0.3 is 59.1 Å². The van der Waals surface area contributed by atoms with Crippen LogP contribution in [0.5, 0.6) is 11.5 Å². The number of benzene rings is 2. The van der Waals surface area contributed by atoms with Crippen molar-refractivity contribution in [1.29, 1.82) is 0 Å². The molecule has 0 aliphatic carbocycles. The summed E-state index contributed by atoms with van der Waals surface area (Å²) in [5.41, 5.74) is 2.63. The van der Waals surface area contributed by atoms with Crippen molar-refractivity contribution in [2.75, 3.05) is 26.4 Å². The smallest absolute Gasteiger partial charge is 0.759 e. The molecule has 10 heteroatoms. The van der Waals surface area contributed by atoms with Crippen LogP contribution < -0.4 is 68.6 Å². The Morgan fingerprint density at radius 3 is 1.26 bits per heavy atom. The molecule has 0 saturated carbocycles. The van der Waals surface area contributed by atoms with Gasteiger partial charge in [-0.3, -0.25) is 8.42 Å². The third-order valence-electron chi connectivity index (χ3n) is 6.52. The van der Waals surface area contributed by atoms with Crippen LogP contribution in [0.25, 0.3) is 0 Å². The Bertz CT molecular complexity index is 919. The molecule has 0 saturated heterocycles. The largest absolute Gasteiger partial charge is 1.00 e. The van der Waals surface area contributed by atoms with Gasteiger partial charge < -0.3 is 23.3 Å². The molecule has 0 unspecified atom stereocenters. The van der Waals surface area contributed by atoms with Crippen molar-refractivity contribution in [2.45, 2.75) is 104 Å². The fourth-order valence-corrected chi connectivity index (χ4v) is 4.42. The van der Waals surface area contributed by atoms with Gasteiger partial charge in [-0.1, -0.05) is 114 Å². The average molecular weight is 625 g/mol. The quantitative estimate of drug-likeness (QED) is 0.0849. The first kappa shape index (κ1) is 44.0. The van der Waals surface area contributed by atoms with Gasteiger partial charge in [0.05, 0.1) is 13.2 Å². The third kappa shape index (κ3) is 26.3. The van der Waals surface area contributed by atoms with Crippen LogP contribution in [0.3, 0.4) is 0 Å². The normalized spacial score (nSPS) is 10.6. The molecule has 0 aliphatic rings. The summed E-state index contributed by atoms with van der Waals surface area (Å²) in [7, 11) is -5.17. The summed E-state index contributed by atoms with van der Waals surface area (Å²) in [5, 5.41) is 0. The Hall–Kier alpha value is -0.130. The monoisotopic (exact) mass is 624 g/mol. The molecule has 0 N–H and O–H groups in total. The maximum atomic E-state index is 8.52. The Kier molecular flexibility index (Phi) is 31.0. The van der Waals surface area contributed by atoms with E-state index in [-0.39, 0.29) is 59.1 Å². The molecule has 0 bridgehead atoms. The minimum atomic E-state index is -5.17. The second-order valence-electron chi connectivity index (χ2n) is 9.97. The average Bonchev–Trinajstić information content (AvgIpc) is 2.92. The molecule has 42 heavy (non-hydrogen) atoms. The van der Waals surface area contributed by atoms with Gasteiger partial charge in [-0.25, -0.2) is 0 Å². The van der Waals surface area contributed by atoms with E-state index in [9.17, 15) is 0 Å². The number of hydrogen-bond acceptors (Lipinski definition) is 7. The van der Waals surface area contributed by atoms with Crippen LogP contribution in [-0.2, 0) is 28.0 Å². The van der Waals surface area contributed by atoms with Gasteiger partial charge in [0, 0.05) is 10.4 Å². The minimum absolute atomic E-state index is 0. The summed E-state index contributed by atoms with van der Waals surface area (Å²) in [6.45, 7) is 6.83. The van der Waals surface area contributed by atoms with E-state index in [1.165, 1.54) is 88.2 Å². The predicted molar refractivity (Wildman–Crippen MR) is 159 cm³/mol. The number of unbranched alkanes of at least 4 members (excludes halogenated alkanes) is 10. The SMILES string of the molecule is CCCCCCCCc1ccccc1OCCOCCOc1ccccc1CCCCCCCC.O=S(=O)([O-])[O-].[Na+].[Na+]. The Balaban J connectivity index is 0. The number of rotatable bonds is 22. The Morgan fingerprint density at radius 1 is 0.548 bits per heavy atom. The zero-order chi connectivity index (χ0) is 29.3. The molecular weight excluding hydrogens is 574 g/mol. The molecular formula is C32H50Na2O7S. The van der Waals surface area contributed by atoms with Crippen LogP contribution >= 0.6 is 0 Å². The van der Waals surface area contributed by atoms with Crippen molar-refractivity contribution in [2.24, 2.45) is 0 Å². The van der Waals surface area contributed by atoms with E-state index in [0.29, 0.717) is 26.4 Å². The predicted octanol–water partition coefficient (Wildman–Crippen LogP) is 1.64. The van der Waals surface area contributed by atoms with Crippen LogP contribution in [-0.4, -0.2) is 44.0 Å². The van der Waals surface area contributed by atoms with E-state index in [1.807, 2.05) is 0 Å². The zero-order valence-corrected chi connectivity index (χ0v) is 31.4. The number of para-hydroxylation sites is 2. The van der Waals surface area contributed by atoms with Crippen molar-refractivity contribution in [3.8, 4) is 11.5 Å². The van der Waals surface area contributed by atoms with E-state index < -0.39 is 10.4 Å². The molecule has 0 heterocycles. The molecule has 2 rings (SSSR count). The maximum Gasteiger partial charge on any atom is 1.00 e. The fourth-order valence-electron chi connectivity index (χ4n) is 4.42. The van der Waals surface area contributed by atoms with Crippen molar-refractivity contribution in [3.63, 3.8) is 0 Å². The van der Waals surface area contributed by atoms with E-state index >= 15 is 0 Å². The van der Waals surface area contributed by atoms with Crippen LogP contribution in [0.2, 0.25) is 0 Å². The summed E-state index contributed by atoms with van der Waals surface area (Å²) < 4.78 is 51.9. The van der Waals surface area contributed by atoms with Crippen molar-refractivity contribution in [1.82, 2.24) is 0 Å². The zero-order valence-electron chi connectivity index (χ0n) is 26.6. The molecule has 228 valence electrons. The van der Waals surface area contributed by atoms with Crippen LogP contribution in [0.15, 0.2) is 48.5 Å². The van der Waals surface area contributed by atoms with Gasteiger partial charge in [0.2, 0.25) is 0 Å². The summed E-state index contributed by atoms with van der Waals surface area (Å²) in [6.07, 6.45) is 18.0. The van der Waals surface area contributed by atoms with Gasteiger partial charge in [-0.15, -0.1) is 0 Å². The van der Waals surface area contributed by atoms with Gasteiger partial charge in [-0.05, 0) is 48.9 Å². The van der Waals surface area contributed by atoms with Gasteiger partial charge in [0.15, 0.2) is 0 Å². The number of hydrogen-bond donors (Lipinski definition) is 0. The van der Waals surface area contributed by atoms with Gasteiger partial charge in [-0.2, -0.15) is 0 Å². The molecule has 0 spiro atoms. The molecule has 0 radical (unpaired) electrons. The second-order valence-corrected chi connectivity index (χ2v) is 10.8. The van der Waals surface area contributed by atoms with E-state index in [1.54, 1.807) is 0 Å². The van der Waals surface area contributed by atoms with Crippen molar-refractivity contribution in [3.05, 3.63) is 59.7 Å². The minimum Gasteiger partial charge on any atom is -0.759 e. The number of ether oxygens (including phenoxy) is 3. The Labute approximate surface area is 300 Å². The standard InChI is InChI=1S/C32H50O3.2Na.H2O4S/c1-3-5-7-9-11-13-19-29-21-15-17-23-31(29)34-27-25-33-26-28-35-32-24-18-16-22-30(32)20-14-12-10-8-6-4-2;;;1-5(2,3)4/h15-18,21-24H,3-14,19-20,25-28H2,1-2H3;;;(H2,1,2,3,4)/q;2*+1;/p-2. The summed E-state index contributed by atoms with van der Waals surface area (Å²) in [5.74, 6) is 2.01. The first-order valence-electron chi connectivity index (χ1n) is 15.0. The van der Waals surface area contributed by atoms with E-state index in [0.717, 1.165) is 24.3 Å². The van der Waals surface area contributed by atoms with E-state index in [4.69, 9.17) is 31.7 Å². The van der Waals surface area contributed by atoms with E-state index in [2.05, 4.69) is 62.4 Å². The topological polar surface area (TPSA) is 108 Å². The summed E-state index contributed by atoms with van der Waals surface area (Å²) in [6, 6.07) is 16.9. The van der Waals surface area contributed by atoms with Crippen LogP contribution in [0, 0.1) is 0 Å². The molecule has 2 aromatic carbocycles. The molecule has 0 atom stereocenters. The van der Waals surface area contributed by atoms with Crippen molar-refractivity contribution >= 4 is 10.4 Å². The van der Waals surface area contributed by atoms with Gasteiger partial charge in [0.25, 0.3) is 0 Å². The summed E-state index contributed by atoms with van der Waals surface area (Å²) >= 11 is 0. The molecule has 0 aliphatic heterocycles. The van der Waals surface area contributed by atoms with Crippen LogP contribution in [0.1, 0.15) is 102 Å². The molecule has 7 nitrogen and oxygen atoms in total. The molecule has 0 aromatic heterocycles. The first-order valence-corrected chi connectivity index (χ1v) is 16.3. The third-order valence-corrected chi connectivity index (χ3v) is 6.52. The first-order chi connectivity index (χ1) is 19.3. The molecule has 0 fully saturated rings. The Morgan fingerprint density at radius 2 is 0.881 bits per heavy atom.